The second-order valence-electron chi connectivity index (χ2n) is 9.27. The lowest BCUT2D eigenvalue weighted by molar-refractivity contribution is 0.122. The number of benzene rings is 1. The van der Waals surface area contributed by atoms with E-state index in [1.54, 1.807) is 0 Å². The Kier molecular flexibility index (Phi) is 5.15. The first-order chi connectivity index (χ1) is 14.9. The van der Waals surface area contributed by atoms with Crippen LogP contribution in [0.4, 0.5) is 11.4 Å². The van der Waals surface area contributed by atoms with E-state index in [0.29, 0.717) is 0 Å². The van der Waals surface area contributed by atoms with Crippen LogP contribution in [0, 0.1) is 0 Å². The molecule has 6 nitrogen and oxygen atoms in total. The monoisotopic (exact) mass is 437 g/mol. The SMILES string of the molecule is CC(C)(C)c1cnc2n1CN(Cc1ccc(Cl)cc1)c1cc(N3CCOCC3)cnc1-2. The van der Waals surface area contributed by atoms with Crippen molar-refractivity contribution >= 4 is 23.0 Å². The van der Waals surface area contributed by atoms with Crippen molar-refractivity contribution in [1.29, 1.82) is 0 Å². The summed E-state index contributed by atoms with van der Waals surface area (Å²) in [6.45, 7) is 11.5. The van der Waals surface area contributed by atoms with Gasteiger partial charge in [0.05, 0.1) is 37.5 Å². The molecule has 162 valence electrons. The van der Waals surface area contributed by atoms with Gasteiger partial charge in [0.2, 0.25) is 0 Å². The molecule has 0 amide bonds. The molecule has 2 aromatic heterocycles. The molecule has 2 aliphatic rings. The van der Waals surface area contributed by atoms with Gasteiger partial charge in [0.25, 0.3) is 0 Å². The Morgan fingerprint density at radius 3 is 2.48 bits per heavy atom. The van der Waals surface area contributed by atoms with Gasteiger partial charge in [-0.05, 0) is 23.8 Å². The average molecular weight is 438 g/mol. The van der Waals surface area contributed by atoms with Crippen LogP contribution in [0.5, 0.6) is 0 Å². The zero-order valence-electron chi connectivity index (χ0n) is 18.3. The number of rotatable bonds is 3. The first-order valence-electron chi connectivity index (χ1n) is 10.8. The molecule has 0 unspecified atom stereocenters. The topological polar surface area (TPSA) is 46.4 Å². The van der Waals surface area contributed by atoms with Crippen LogP contribution in [-0.4, -0.2) is 40.8 Å². The fourth-order valence-electron chi connectivity index (χ4n) is 4.35. The van der Waals surface area contributed by atoms with E-state index in [2.05, 4.69) is 53.3 Å². The van der Waals surface area contributed by atoms with Crippen LogP contribution >= 0.6 is 11.6 Å². The third-order valence-corrected chi connectivity index (χ3v) is 6.26. The molecule has 0 bridgehead atoms. The normalized spacial score (nSPS) is 16.3. The Morgan fingerprint density at radius 2 is 1.77 bits per heavy atom. The maximum atomic E-state index is 6.11. The van der Waals surface area contributed by atoms with Gasteiger partial charge in [-0.25, -0.2) is 9.97 Å². The van der Waals surface area contributed by atoms with Crippen LogP contribution in [0.1, 0.15) is 32.0 Å². The summed E-state index contributed by atoms with van der Waals surface area (Å²) in [4.78, 5) is 14.4. The number of hydrogen-bond donors (Lipinski definition) is 0. The first-order valence-corrected chi connectivity index (χ1v) is 11.2. The number of aromatic nitrogens is 3. The first kappa shape index (κ1) is 20.3. The van der Waals surface area contributed by atoms with Crippen LogP contribution in [0.3, 0.4) is 0 Å². The molecule has 7 heteroatoms. The molecule has 4 heterocycles. The van der Waals surface area contributed by atoms with Crippen LogP contribution in [0.15, 0.2) is 42.7 Å². The van der Waals surface area contributed by atoms with Crippen molar-refractivity contribution in [1.82, 2.24) is 14.5 Å². The maximum Gasteiger partial charge on any atom is 0.162 e. The van der Waals surface area contributed by atoms with Crippen molar-refractivity contribution in [3.63, 3.8) is 0 Å². The molecular weight excluding hydrogens is 410 g/mol. The van der Waals surface area contributed by atoms with E-state index in [4.69, 9.17) is 26.3 Å². The number of hydrogen-bond acceptors (Lipinski definition) is 5. The summed E-state index contributed by atoms with van der Waals surface area (Å²) in [5.74, 6) is 0.945. The molecule has 5 rings (SSSR count). The third-order valence-electron chi connectivity index (χ3n) is 6.00. The minimum absolute atomic E-state index is 0.00242. The lowest BCUT2D eigenvalue weighted by atomic mass is 9.92. The highest BCUT2D eigenvalue weighted by atomic mass is 35.5. The van der Waals surface area contributed by atoms with Crippen molar-refractivity contribution in [2.75, 3.05) is 36.1 Å². The van der Waals surface area contributed by atoms with Gasteiger partial charge in [0.15, 0.2) is 5.82 Å². The number of pyridine rings is 1. The molecule has 0 saturated carbocycles. The lowest BCUT2D eigenvalue weighted by Gasteiger charge is -2.36. The Balaban J connectivity index is 1.58. The van der Waals surface area contributed by atoms with Crippen molar-refractivity contribution in [3.05, 3.63) is 59.0 Å². The van der Waals surface area contributed by atoms with Crippen LogP contribution in [-0.2, 0) is 23.4 Å². The zero-order valence-corrected chi connectivity index (χ0v) is 19.1. The molecule has 1 saturated heterocycles. The number of imidazole rings is 1. The Morgan fingerprint density at radius 1 is 1.03 bits per heavy atom. The predicted molar refractivity (Wildman–Crippen MR) is 125 cm³/mol. The maximum absolute atomic E-state index is 6.11. The zero-order chi connectivity index (χ0) is 21.6. The molecule has 1 fully saturated rings. The molecular formula is C24H28ClN5O. The second kappa shape index (κ2) is 7.84. The van der Waals surface area contributed by atoms with Gasteiger partial charge < -0.3 is 19.1 Å². The predicted octanol–water partition coefficient (Wildman–Crippen LogP) is 4.71. The number of fused-ring (bicyclic) bond motifs is 3. The molecule has 0 aliphatic carbocycles. The van der Waals surface area contributed by atoms with Gasteiger partial charge in [-0.3, -0.25) is 0 Å². The number of anilines is 2. The van der Waals surface area contributed by atoms with Gasteiger partial charge in [0.1, 0.15) is 5.69 Å². The van der Waals surface area contributed by atoms with Crippen molar-refractivity contribution in [2.45, 2.75) is 39.4 Å². The highest BCUT2D eigenvalue weighted by molar-refractivity contribution is 6.30. The number of halogens is 1. The van der Waals surface area contributed by atoms with Crippen LogP contribution in [0.25, 0.3) is 11.5 Å². The smallest absolute Gasteiger partial charge is 0.162 e. The molecule has 0 N–H and O–H groups in total. The van der Waals surface area contributed by atoms with Gasteiger partial charge in [0, 0.05) is 42.0 Å². The van der Waals surface area contributed by atoms with Gasteiger partial charge in [-0.15, -0.1) is 0 Å². The Labute approximate surface area is 188 Å². The summed E-state index contributed by atoms with van der Waals surface area (Å²) in [5.41, 5.74) is 5.63. The van der Waals surface area contributed by atoms with E-state index >= 15 is 0 Å². The van der Waals surface area contributed by atoms with E-state index < -0.39 is 0 Å². The summed E-state index contributed by atoms with van der Waals surface area (Å²) >= 11 is 6.11. The van der Waals surface area contributed by atoms with Crippen LogP contribution < -0.4 is 9.80 Å². The summed E-state index contributed by atoms with van der Waals surface area (Å²) in [7, 11) is 0. The van der Waals surface area contributed by atoms with E-state index in [1.807, 2.05) is 24.5 Å². The highest BCUT2D eigenvalue weighted by Gasteiger charge is 2.31. The molecule has 0 spiro atoms. The molecule has 2 aliphatic heterocycles. The van der Waals surface area contributed by atoms with Gasteiger partial charge in [-0.1, -0.05) is 44.5 Å². The fourth-order valence-corrected chi connectivity index (χ4v) is 4.48. The molecule has 1 aromatic carbocycles. The van der Waals surface area contributed by atoms with Gasteiger partial charge >= 0.3 is 0 Å². The Bertz CT molecular complexity index is 1080. The molecule has 0 atom stereocenters. The van der Waals surface area contributed by atoms with E-state index in [-0.39, 0.29) is 5.41 Å². The van der Waals surface area contributed by atoms with E-state index in [1.165, 1.54) is 11.3 Å². The third kappa shape index (κ3) is 3.90. The number of ether oxygens (including phenoxy) is 1. The minimum atomic E-state index is 0.00242. The second-order valence-corrected chi connectivity index (χ2v) is 9.71. The molecule has 0 radical (unpaired) electrons. The van der Waals surface area contributed by atoms with E-state index in [9.17, 15) is 0 Å². The lowest BCUT2D eigenvalue weighted by Crippen LogP contribution is -2.37. The number of morpholine rings is 1. The number of nitrogens with zero attached hydrogens (tertiary/aromatic N) is 5. The van der Waals surface area contributed by atoms with Gasteiger partial charge in [-0.2, -0.15) is 0 Å². The summed E-state index contributed by atoms with van der Waals surface area (Å²) in [6, 6.07) is 10.4. The van der Waals surface area contributed by atoms with Crippen molar-refractivity contribution < 1.29 is 4.74 Å². The summed E-state index contributed by atoms with van der Waals surface area (Å²) in [5, 5.41) is 0.756. The molecule has 31 heavy (non-hydrogen) atoms. The standard InChI is InChI=1S/C24H28ClN5O/c1-24(2,3)21-14-27-23-22-20(12-19(13-26-22)28-8-10-31-11-9-28)29(16-30(21)23)15-17-4-6-18(25)7-5-17/h4-7,12-14H,8-11,15-16H2,1-3H3. The van der Waals surface area contributed by atoms with E-state index in [0.717, 1.165) is 67.4 Å². The minimum Gasteiger partial charge on any atom is -0.378 e. The average Bonchev–Trinajstić information content (AvgIpc) is 3.20. The highest BCUT2D eigenvalue weighted by Crippen LogP contribution is 2.39. The quantitative estimate of drug-likeness (QED) is 0.593. The fraction of sp³-hybridized carbons (Fsp3) is 0.417. The largest absolute Gasteiger partial charge is 0.378 e. The van der Waals surface area contributed by atoms with Crippen molar-refractivity contribution in [3.8, 4) is 11.5 Å². The summed E-state index contributed by atoms with van der Waals surface area (Å²) < 4.78 is 7.83. The summed E-state index contributed by atoms with van der Waals surface area (Å²) in [6.07, 6.45) is 3.98. The molecule has 3 aromatic rings. The Hall–Kier alpha value is -2.57. The van der Waals surface area contributed by atoms with Crippen molar-refractivity contribution in [2.24, 2.45) is 0 Å². The van der Waals surface area contributed by atoms with Crippen LogP contribution in [0.2, 0.25) is 5.02 Å².